The summed E-state index contributed by atoms with van der Waals surface area (Å²) in [7, 11) is 0. The smallest absolute Gasteiger partial charge is 0.0498 e. The SMILES string of the molecule is CCCCCCCCC(C)=NC1CCCCC1. The highest BCUT2D eigenvalue weighted by Crippen LogP contribution is 2.20. The molecular weight excluding hydrogens is 206 g/mol. The van der Waals surface area contributed by atoms with Gasteiger partial charge in [-0.3, -0.25) is 4.99 Å². The largest absolute Gasteiger partial charge is 0.291 e. The van der Waals surface area contributed by atoms with Gasteiger partial charge in [0.05, 0.1) is 0 Å². The van der Waals surface area contributed by atoms with Gasteiger partial charge in [0.2, 0.25) is 0 Å². The van der Waals surface area contributed by atoms with Crippen LogP contribution in [0.15, 0.2) is 4.99 Å². The van der Waals surface area contributed by atoms with Crippen LogP contribution >= 0.6 is 0 Å². The zero-order valence-corrected chi connectivity index (χ0v) is 12.0. The lowest BCUT2D eigenvalue weighted by atomic mass is 9.96. The third kappa shape index (κ3) is 7.57. The molecule has 1 rings (SSSR count). The van der Waals surface area contributed by atoms with Crippen molar-refractivity contribution in [3.63, 3.8) is 0 Å². The van der Waals surface area contributed by atoms with Crippen molar-refractivity contribution in [1.29, 1.82) is 0 Å². The van der Waals surface area contributed by atoms with E-state index in [1.54, 1.807) is 0 Å². The third-order valence-corrected chi connectivity index (χ3v) is 3.87. The van der Waals surface area contributed by atoms with Crippen molar-refractivity contribution in [1.82, 2.24) is 0 Å². The summed E-state index contributed by atoms with van der Waals surface area (Å²) in [5.74, 6) is 0. The van der Waals surface area contributed by atoms with Crippen LogP contribution in [0.4, 0.5) is 0 Å². The fourth-order valence-corrected chi connectivity index (χ4v) is 2.75. The molecular formula is C16H31N. The van der Waals surface area contributed by atoms with E-state index in [1.165, 1.54) is 82.8 Å². The minimum atomic E-state index is 0.670. The molecule has 1 heteroatoms. The highest BCUT2D eigenvalue weighted by molar-refractivity contribution is 5.82. The molecule has 0 atom stereocenters. The predicted octanol–water partition coefficient (Wildman–Crippen LogP) is 5.53. The van der Waals surface area contributed by atoms with E-state index in [2.05, 4.69) is 13.8 Å². The first-order chi connectivity index (χ1) is 8.33. The fraction of sp³-hybridized carbons (Fsp3) is 0.938. The van der Waals surface area contributed by atoms with Gasteiger partial charge in [-0.05, 0) is 32.6 Å². The van der Waals surface area contributed by atoms with Gasteiger partial charge in [0.25, 0.3) is 0 Å². The van der Waals surface area contributed by atoms with E-state index < -0.39 is 0 Å². The third-order valence-electron chi connectivity index (χ3n) is 3.87. The molecule has 0 spiro atoms. The Bertz CT molecular complexity index is 202. The second kappa shape index (κ2) is 9.67. The van der Waals surface area contributed by atoms with Crippen LogP contribution in [0.5, 0.6) is 0 Å². The van der Waals surface area contributed by atoms with Gasteiger partial charge in [-0.15, -0.1) is 0 Å². The van der Waals surface area contributed by atoms with E-state index in [0.717, 1.165) is 0 Å². The van der Waals surface area contributed by atoms with E-state index in [9.17, 15) is 0 Å². The lowest BCUT2D eigenvalue weighted by Crippen LogP contribution is -2.11. The molecule has 1 aliphatic carbocycles. The van der Waals surface area contributed by atoms with Gasteiger partial charge in [-0.25, -0.2) is 0 Å². The molecule has 17 heavy (non-hydrogen) atoms. The van der Waals surface area contributed by atoms with Crippen molar-refractivity contribution in [3.8, 4) is 0 Å². The Balaban J connectivity index is 2.02. The van der Waals surface area contributed by atoms with Crippen LogP contribution in [0.3, 0.4) is 0 Å². The van der Waals surface area contributed by atoms with Gasteiger partial charge >= 0.3 is 0 Å². The average molecular weight is 237 g/mol. The van der Waals surface area contributed by atoms with E-state index >= 15 is 0 Å². The highest BCUT2D eigenvalue weighted by atomic mass is 14.8. The Kier molecular flexibility index (Phi) is 8.38. The van der Waals surface area contributed by atoms with Gasteiger partial charge in [-0.1, -0.05) is 58.3 Å². The molecule has 0 bridgehead atoms. The van der Waals surface area contributed by atoms with E-state index in [-0.39, 0.29) is 0 Å². The number of nitrogens with zero attached hydrogens (tertiary/aromatic N) is 1. The molecule has 1 nitrogen and oxygen atoms in total. The second-order valence-corrected chi connectivity index (χ2v) is 5.67. The van der Waals surface area contributed by atoms with Crippen molar-refractivity contribution in [2.75, 3.05) is 0 Å². The first-order valence-corrected chi connectivity index (χ1v) is 7.86. The Labute approximate surface area is 108 Å². The van der Waals surface area contributed by atoms with Gasteiger partial charge in [-0.2, -0.15) is 0 Å². The zero-order chi connectivity index (χ0) is 12.3. The summed E-state index contributed by atoms with van der Waals surface area (Å²) in [6, 6.07) is 0.670. The Morgan fingerprint density at radius 2 is 1.59 bits per heavy atom. The van der Waals surface area contributed by atoms with Crippen LogP contribution in [-0.4, -0.2) is 11.8 Å². The molecule has 0 amide bonds. The maximum Gasteiger partial charge on any atom is 0.0498 e. The molecule has 0 aromatic heterocycles. The molecule has 0 radical (unpaired) electrons. The number of hydrogen-bond acceptors (Lipinski definition) is 1. The van der Waals surface area contributed by atoms with Gasteiger partial charge in [0.15, 0.2) is 0 Å². The second-order valence-electron chi connectivity index (χ2n) is 5.67. The summed E-state index contributed by atoms with van der Waals surface area (Å²) < 4.78 is 0. The van der Waals surface area contributed by atoms with E-state index in [0.29, 0.717) is 6.04 Å². The minimum absolute atomic E-state index is 0.670. The molecule has 0 aliphatic heterocycles. The van der Waals surface area contributed by atoms with Crippen LogP contribution in [0.25, 0.3) is 0 Å². The molecule has 0 unspecified atom stereocenters. The molecule has 1 aliphatic rings. The molecule has 0 aromatic rings. The highest BCUT2D eigenvalue weighted by Gasteiger charge is 2.11. The summed E-state index contributed by atoms with van der Waals surface area (Å²) in [4.78, 5) is 4.89. The molecule has 0 N–H and O–H groups in total. The van der Waals surface area contributed by atoms with Gasteiger partial charge in [0, 0.05) is 11.8 Å². The summed E-state index contributed by atoms with van der Waals surface area (Å²) in [5, 5.41) is 0. The number of hydrogen-bond donors (Lipinski definition) is 0. The van der Waals surface area contributed by atoms with Crippen LogP contribution in [0.2, 0.25) is 0 Å². The molecule has 1 fully saturated rings. The number of unbranched alkanes of at least 4 members (excludes halogenated alkanes) is 5. The van der Waals surface area contributed by atoms with Crippen molar-refractivity contribution in [3.05, 3.63) is 0 Å². The van der Waals surface area contributed by atoms with E-state index in [4.69, 9.17) is 4.99 Å². The van der Waals surface area contributed by atoms with Crippen molar-refractivity contribution < 1.29 is 0 Å². The first-order valence-electron chi connectivity index (χ1n) is 7.86. The van der Waals surface area contributed by atoms with Gasteiger partial charge in [0.1, 0.15) is 0 Å². The maximum absolute atomic E-state index is 4.89. The van der Waals surface area contributed by atoms with Crippen molar-refractivity contribution in [2.45, 2.75) is 96.9 Å². The molecule has 1 saturated carbocycles. The Hall–Kier alpha value is -0.330. The molecule has 100 valence electrons. The lowest BCUT2D eigenvalue weighted by Gasteiger charge is -2.18. The molecule has 0 saturated heterocycles. The minimum Gasteiger partial charge on any atom is -0.291 e. The van der Waals surface area contributed by atoms with Crippen LogP contribution < -0.4 is 0 Å². The van der Waals surface area contributed by atoms with Crippen LogP contribution in [0, 0.1) is 0 Å². The summed E-state index contributed by atoms with van der Waals surface area (Å²) >= 11 is 0. The Morgan fingerprint density at radius 1 is 0.941 bits per heavy atom. The first kappa shape index (κ1) is 14.7. The summed E-state index contributed by atoms with van der Waals surface area (Å²) in [5.41, 5.74) is 1.41. The van der Waals surface area contributed by atoms with Crippen molar-refractivity contribution >= 4 is 5.71 Å². The standard InChI is InChI=1S/C16H31N/c1-3-4-5-6-7-9-12-15(2)17-16-13-10-8-11-14-16/h16H,3-14H2,1-2H3. The topological polar surface area (TPSA) is 12.4 Å². The summed E-state index contributed by atoms with van der Waals surface area (Å²) in [6.45, 7) is 4.52. The van der Waals surface area contributed by atoms with Crippen LogP contribution in [-0.2, 0) is 0 Å². The predicted molar refractivity (Wildman–Crippen MR) is 78.0 cm³/mol. The number of rotatable bonds is 8. The quantitative estimate of drug-likeness (QED) is 0.389. The molecule has 0 heterocycles. The monoisotopic (exact) mass is 237 g/mol. The fourth-order valence-electron chi connectivity index (χ4n) is 2.75. The lowest BCUT2D eigenvalue weighted by molar-refractivity contribution is 0.442. The zero-order valence-electron chi connectivity index (χ0n) is 12.0. The Morgan fingerprint density at radius 3 is 2.29 bits per heavy atom. The molecule has 0 aromatic carbocycles. The van der Waals surface area contributed by atoms with Gasteiger partial charge < -0.3 is 0 Å². The maximum atomic E-state index is 4.89. The normalized spacial score (nSPS) is 18.6. The van der Waals surface area contributed by atoms with Crippen LogP contribution in [0.1, 0.15) is 90.9 Å². The average Bonchev–Trinajstić information content (AvgIpc) is 2.35. The van der Waals surface area contributed by atoms with Crippen molar-refractivity contribution in [2.24, 2.45) is 4.99 Å². The summed E-state index contributed by atoms with van der Waals surface area (Å²) in [6.07, 6.45) is 16.5. The van der Waals surface area contributed by atoms with E-state index in [1.807, 2.05) is 0 Å². The number of aliphatic imine (C=N–C) groups is 1.